The van der Waals surface area contributed by atoms with E-state index >= 15 is 0 Å². The van der Waals surface area contributed by atoms with Crippen molar-refractivity contribution in [3.8, 4) is 6.07 Å². The van der Waals surface area contributed by atoms with Crippen LogP contribution in [0.1, 0.15) is 24.2 Å². The third kappa shape index (κ3) is 2.86. The molecule has 0 atom stereocenters. The van der Waals surface area contributed by atoms with Crippen molar-refractivity contribution in [2.45, 2.75) is 13.8 Å². The number of hydrogen-bond acceptors (Lipinski definition) is 4. The predicted octanol–water partition coefficient (Wildman–Crippen LogP) is 2.59. The van der Waals surface area contributed by atoms with Crippen molar-refractivity contribution in [2.75, 3.05) is 0 Å². The number of allylic oxidation sites excluding steroid dienone is 2. The maximum Gasteiger partial charge on any atom is 0.205 e. The molecule has 1 N–H and O–H groups in total. The van der Waals surface area contributed by atoms with Gasteiger partial charge >= 0.3 is 0 Å². The number of aromatic amines is 1. The van der Waals surface area contributed by atoms with Crippen LogP contribution in [0.3, 0.4) is 0 Å². The number of ketones is 3. The van der Waals surface area contributed by atoms with Crippen LogP contribution in [0.5, 0.6) is 0 Å². The summed E-state index contributed by atoms with van der Waals surface area (Å²) in [4.78, 5) is 38.4. The number of carbonyl (C=O) groups excluding carboxylic acids is 3. The lowest BCUT2D eigenvalue weighted by atomic mass is 9.94. The predicted molar refractivity (Wildman–Crippen MR) is 81.2 cm³/mol. The molecule has 1 aromatic heterocycles. The van der Waals surface area contributed by atoms with Gasteiger partial charge in [0.25, 0.3) is 0 Å². The van der Waals surface area contributed by atoms with Gasteiger partial charge in [-0.15, -0.1) is 0 Å². The summed E-state index contributed by atoms with van der Waals surface area (Å²) in [5.74, 6) is -2.37. The van der Waals surface area contributed by atoms with Crippen molar-refractivity contribution in [2.24, 2.45) is 5.92 Å². The number of nitrogens with zero attached hydrogens (tertiary/aromatic N) is 1. The molecule has 5 heteroatoms. The van der Waals surface area contributed by atoms with Gasteiger partial charge in [-0.05, 0) is 26.0 Å². The SMILES string of the molecule is CC(=O)C(/C=C(/C#N)C(=O)c1c[nH]c2ccccc12)C(C)=O. The first-order valence-electron chi connectivity index (χ1n) is 6.69. The van der Waals surface area contributed by atoms with Crippen LogP contribution in [0.15, 0.2) is 42.1 Å². The van der Waals surface area contributed by atoms with Gasteiger partial charge in [-0.3, -0.25) is 14.4 Å². The van der Waals surface area contributed by atoms with Gasteiger partial charge in [-0.2, -0.15) is 5.26 Å². The topological polar surface area (TPSA) is 90.8 Å². The minimum atomic E-state index is -1.07. The Labute approximate surface area is 127 Å². The molecule has 0 aliphatic heterocycles. The minimum absolute atomic E-state index is 0.208. The molecule has 0 saturated heterocycles. The van der Waals surface area contributed by atoms with Crippen molar-refractivity contribution in [1.82, 2.24) is 4.98 Å². The van der Waals surface area contributed by atoms with E-state index in [0.717, 1.165) is 11.6 Å². The van der Waals surface area contributed by atoms with Crippen LogP contribution in [-0.4, -0.2) is 22.3 Å². The third-order valence-corrected chi connectivity index (χ3v) is 3.41. The van der Waals surface area contributed by atoms with E-state index in [1.807, 2.05) is 12.1 Å². The Morgan fingerprint density at radius 1 is 1.18 bits per heavy atom. The van der Waals surface area contributed by atoms with Gasteiger partial charge < -0.3 is 4.98 Å². The van der Waals surface area contributed by atoms with Crippen LogP contribution >= 0.6 is 0 Å². The average Bonchev–Trinajstić information content (AvgIpc) is 2.90. The summed E-state index contributed by atoms with van der Waals surface area (Å²) in [5, 5.41) is 9.90. The van der Waals surface area contributed by atoms with E-state index in [1.165, 1.54) is 20.0 Å². The molecule has 0 aliphatic carbocycles. The highest BCUT2D eigenvalue weighted by Crippen LogP contribution is 2.21. The maximum absolute atomic E-state index is 12.5. The summed E-state index contributed by atoms with van der Waals surface area (Å²) in [6.45, 7) is 2.52. The van der Waals surface area contributed by atoms with Gasteiger partial charge in [0.05, 0.1) is 11.5 Å². The second-order valence-electron chi connectivity index (χ2n) is 4.97. The number of rotatable bonds is 5. The van der Waals surface area contributed by atoms with Gasteiger partial charge in [-0.25, -0.2) is 0 Å². The van der Waals surface area contributed by atoms with Gasteiger partial charge in [0.15, 0.2) is 0 Å². The van der Waals surface area contributed by atoms with Crippen molar-refractivity contribution in [3.05, 3.63) is 47.7 Å². The van der Waals surface area contributed by atoms with Crippen LogP contribution in [0, 0.1) is 17.2 Å². The Balaban J connectivity index is 2.48. The molecule has 0 saturated carbocycles. The number of aromatic nitrogens is 1. The molecule has 0 spiro atoms. The summed E-state index contributed by atoms with van der Waals surface area (Å²) in [6, 6.07) is 8.99. The number of hydrogen-bond donors (Lipinski definition) is 1. The van der Waals surface area contributed by atoms with E-state index in [0.29, 0.717) is 10.9 Å². The summed E-state index contributed by atoms with van der Waals surface area (Å²) < 4.78 is 0. The van der Waals surface area contributed by atoms with Crippen LogP contribution < -0.4 is 0 Å². The molecule has 22 heavy (non-hydrogen) atoms. The van der Waals surface area contributed by atoms with E-state index in [-0.39, 0.29) is 5.57 Å². The summed E-state index contributed by atoms with van der Waals surface area (Å²) in [6.07, 6.45) is 2.67. The quantitative estimate of drug-likeness (QED) is 0.397. The molecule has 1 heterocycles. The molecule has 0 unspecified atom stereocenters. The fourth-order valence-corrected chi connectivity index (χ4v) is 2.26. The van der Waals surface area contributed by atoms with E-state index in [9.17, 15) is 19.6 Å². The van der Waals surface area contributed by atoms with Gasteiger partial charge in [0.1, 0.15) is 17.6 Å². The lowest BCUT2D eigenvalue weighted by molar-refractivity contribution is -0.128. The Morgan fingerprint density at radius 2 is 1.82 bits per heavy atom. The second kappa shape index (κ2) is 6.19. The van der Waals surface area contributed by atoms with E-state index < -0.39 is 23.3 Å². The third-order valence-electron chi connectivity index (χ3n) is 3.41. The second-order valence-corrected chi connectivity index (χ2v) is 4.97. The lowest BCUT2D eigenvalue weighted by Gasteiger charge is -2.05. The molecule has 0 aliphatic rings. The monoisotopic (exact) mass is 294 g/mol. The first-order valence-corrected chi connectivity index (χ1v) is 6.69. The van der Waals surface area contributed by atoms with E-state index in [4.69, 9.17) is 0 Å². The Morgan fingerprint density at radius 3 is 2.41 bits per heavy atom. The maximum atomic E-state index is 12.5. The molecular formula is C17H14N2O3. The number of nitrogens with one attached hydrogen (secondary N) is 1. The number of carbonyl (C=O) groups is 3. The zero-order valence-electron chi connectivity index (χ0n) is 12.2. The molecule has 0 radical (unpaired) electrons. The molecular weight excluding hydrogens is 280 g/mol. The number of fused-ring (bicyclic) bond motifs is 1. The number of para-hydroxylation sites is 1. The molecule has 0 bridgehead atoms. The van der Waals surface area contributed by atoms with Crippen LogP contribution in [0.4, 0.5) is 0 Å². The van der Waals surface area contributed by atoms with Crippen LogP contribution in [0.2, 0.25) is 0 Å². The van der Waals surface area contributed by atoms with Crippen molar-refractivity contribution in [3.63, 3.8) is 0 Å². The van der Waals surface area contributed by atoms with Crippen molar-refractivity contribution in [1.29, 1.82) is 5.26 Å². The Hall–Kier alpha value is -3.00. The first kappa shape index (κ1) is 15.4. The highest BCUT2D eigenvalue weighted by atomic mass is 16.1. The standard InChI is InChI=1S/C17H14N2O3/c1-10(20)14(11(2)21)7-12(8-18)17(22)15-9-19-16-6-4-3-5-13(15)16/h3-7,9,14,19H,1-2H3/b12-7-. The smallest absolute Gasteiger partial charge is 0.205 e. The molecule has 2 rings (SSSR count). The number of benzene rings is 1. The minimum Gasteiger partial charge on any atom is -0.360 e. The number of Topliss-reactive ketones (excluding diaryl/α,β-unsaturated/α-hetero) is 3. The molecule has 2 aromatic rings. The zero-order valence-corrected chi connectivity index (χ0v) is 12.2. The Bertz CT molecular complexity index is 823. The summed E-state index contributed by atoms with van der Waals surface area (Å²) in [5.41, 5.74) is 0.909. The first-order chi connectivity index (χ1) is 10.5. The molecule has 0 amide bonds. The number of H-pyrrole nitrogens is 1. The normalized spacial score (nSPS) is 11.5. The average molecular weight is 294 g/mol. The van der Waals surface area contributed by atoms with Gasteiger partial charge in [0, 0.05) is 22.7 Å². The Kier molecular flexibility index (Phi) is 4.33. The largest absolute Gasteiger partial charge is 0.360 e. The zero-order chi connectivity index (χ0) is 16.3. The highest BCUT2D eigenvalue weighted by molar-refractivity contribution is 6.18. The molecule has 1 aromatic carbocycles. The fourth-order valence-electron chi connectivity index (χ4n) is 2.26. The van der Waals surface area contributed by atoms with Crippen LogP contribution in [0.25, 0.3) is 10.9 Å². The molecule has 110 valence electrons. The fraction of sp³-hybridized carbons (Fsp3) is 0.176. The van der Waals surface area contributed by atoms with Gasteiger partial charge in [-0.1, -0.05) is 18.2 Å². The molecule has 5 nitrogen and oxygen atoms in total. The van der Waals surface area contributed by atoms with Gasteiger partial charge in [0.2, 0.25) is 5.78 Å². The molecule has 0 fully saturated rings. The van der Waals surface area contributed by atoms with Crippen molar-refractivity contribution < 1.29 is 14.4 Å². The highest BCUT2D eigenvalue weighted by Gasteiger charge is 2.22. The number of nitriles is 1. The summed E-state index contributed by atoms with van der Waals surface area (Å²) in [7, 11) is 0. The van der Waals surface area contributed by atoms with E-state index in [1.54, 1.807) is 18.2 Å². The van der Waals surface area contributed by atoms with Crippen molar-refractivity contribution >= 4 is 28.3 Å². The van der Waals surface area contributed by atoms with Crippen LogP contribution in [-0.2, 0) is 9.59 Å². The lowest BCUT2D eigenvalue weighted by Crippen LogP contribution is -2.18. The van der Waals surface area contributed by atoms with E-state index in [2.05, 4.69) is 4.98 Å². The summed E-state index contributed by atoms with van der Waals surface area (Å²) >= 11 is 0.